The molecule has 1 rings (SSSR count). The first-order valence-corrected chi connectivity index (χ1v) is 4.10. The van der Waals surface area contributed by atoms with Crippen LogP contribution in [0.1, 0.15) is 5.56 Å². The normalized spacial score (nSPS) is 10.1. The van der Waals surface area contributed by atoms with Crippen molar-refractivity contribution in [3.8, 4) is 5.75 Å². The summed E-state index contributed by atoms with van der Waals surface area (Å²) < 4.78 is 5.02. The molecular weight excluding hydrogens is 168 g/mol. The summed E-state index contributed by atoms with van der Waals surface area (Å²) >= 11 is 4.66. The molecule has 0 N–H and O–H groups in total. The van der Waals surface area contributed by atoms with E-state index in [2.05, 4.69) is 12.2 Å². The van der Waals surface area contributed by atoms with Gasteiger partial charge >= 0.3 is 0 Å². The maximum Gasteiger partial charge on any atom is 0.118 e. The number of rotatable bonds is 3. The molecular formula is C10H10OS. The van der Waals surface area contributed by atoms with Gasteiger partial charge in [0, 0.05) is 5.37 Å². The van der Waals surface area contributed by atoms with Crippen molar-refractivity contribution in [2.75, 3.05) is 7.11 Å². The summed E-state index contributed by atoms with van der Waals surface area (Å²) in [7, 11) is 1.65. The molecule has 0 saturated heterocycles. The first kappa shape index (κ1) is 8.94. The number of allylic oxidation sites excluding steroid dienone is 1. The van der Waals surface area contributed by atoms with Crippen LogP contribution in [0.5, 0.6) is 5.75 Å². The van der Waals surface area contributed by atoms with Gasteiger partial charge in [0.25, 0.3) is 0 Å². The van der Waals surface area contributed by atoms with E-state index in [0.717, 1.165) is 11.3 Å². The Morgan fingerprint density at radius 3 is 2.42 bits per heavy atom. The van der Waals surface area contributed by atoms with Crippen molar-refractivity contribution in [1.82, 2.24) is 0 Å². The molecule has 0 aliphatic rings. The minimum absolute atomic E-state index is 0.870. The lowest BCUT2D eigenvalue weighted by atomic mass is 10.2. The van der Waals surface area contributed by atoms with Crippen LogP contribution in [0.3, 0.4) is 0 Å². The van der Waals surface area contributed by atoms with Crippen molar-refractivity contribution in [3.05, 3.63) is 35.9 Å². The fourth-order valence-electron chi connectivity index (χ4n) is 0.865. The topological polar surface area (TPSA) is 9.23 Å². The van der Waals surface area contributed by atoms with E-state index < -0.39 is 0 Å². The molecule has 1 nitrogen and oxygen atoms in total. The maximum atomic E-state index is 5.02. The van der Waals surface area contributed by atoms with Gasteiger partial charge < -0.3 is 4.74 Å². The molecule has 1 aromatic carbocycles. The smallest absolute Gasteiger partial charge is 0.118 e. The SMILES string of the molecule is COc1ccc(C=CC=S)cc1. The lowest BCUT2D eigenvalue weighted by Crippen LogP contribution is -1.81. The van der Waals surface area contributed by atoms with Gasteiger partial charge in [0.1, 0.15) is 5.75 Å². The summed E-state index contributed by atoms with van der Waals surface area (Å²) in [6, 6.07) is 7.80. The minimum Gasteiger partial charge on any atom is -0.497 e. The monoisotopic (exact) mass is 178 g/mol. The summed E-state index contributed by atoms with van der Waals surface area (Å²) in [4.78, 5) is 0. The summed E-state index contributed by atoms with van der Waals surface area (Å²) in [5, 5.41) is 1.59. The molecule has 0 fully saturated rings. The van der Waals surface area contributed by atoms with Crippen LogP contribution in [0.2, 0.25) is 0 Å². The molecule has 0 aliphatic heterocycles. The predicted octanol–water partition coefficient (Wildman–Crippen LogP) is 2.71. The number of benzene rings is 1. The Labute approximate surface area is 77.7 Å². The largest absolute Gasteiger partial charge is 0.497 e. The zero-order valence-electron chi connectivity index (χ0n) is 6.86. The Morgan fingerprint density at radius 2 is 1.92 bits per heavy atom. The third-order valence-corrected chi connectivity index (χ3v) is 1.64. The summed E-state index contributed by atoms with van der Waals surface area (Å²) in [5.41, 5.74) is 1.12. The Bertz CT molecular complexity index is 274. The third kappa shape index (κ3) is 2.47. The Kier molecular flexibility index (Phi) is 3.48. The molecule has 0 aromatic heterocycles. The standard InChI is InChI=1S/C10H10OS/c1-11-10-6-4-9(5-7-10)3-2-8-12/h2-8H,1H3. The van der Waals surface area contributed by atoms with Gasteiger partial charge in [-0.15, -0.1) is 0 Å². The van der Waals surface area contributed by atoms with Gasteiger partial charge in [0.05, 0.1) is 7.11 Å². The first-order valence-electron chi connectivity index (χ1n) is 3.62. The van der Waals surface area contributed by atoms with E-state index in [1.807, 2.05) is 36.4 Å². The molecule has 0 spiro atoms. The van der Waals surface area contributed by atoms with E-state index in [9.17, 15) is 0 Å². The van der Waals surface area contributed by atoms with Crippen LogP contribution in [0, 0.1) is 0 Å². The van der Waals surface area contributed by atoms with Crippen molar-refractivity contribution in [2.24, 2.45) is 0 Å². The molecule has 2 heteroatoms. The molecule has 62 valence electrons. The van der Waals surface area contributed by atoms with E-state index >= 15 is 0 Å². The van der Waals surface area contributed by atoms with Crippen molar-refractivity contribution in [1.29, 1.82) is 0 Å². The van der Waals surface area contributed by atoms with Crippen molar-refractivity contribution < 1.29 is 4.74 Å². The molecule has 0 unspecified atom stereocenters. The minimum atomic E-state index is 0.870. The quantitative estimate of drug-likeness (QED) is 0.520. The summed E-state index contributed by atoms with van der Waals surface area (Å²) in [6.45, 7) is 0. The number of ether oxygens (including phenoxy) is 1. The first-order chi connectivity index (χ1) is 5.86. The molecule has 12 heavy (non-hydrogen) atoms. The molecule has 0 amide bonds. The molecule has 1 aromatic rings. The van der Waals surface area contributed by atoms with E-state index in [0.29, 0.717) is 0 Å². The third-order valence-electron chi connectivity index (χ3n) is 1.48. The van der Waals surface area contributed by atoms with Crippen molar-refractivity contribution in [3.63, 3.8) is 0 Å². The van der Waals surface area contributed by atoms with Gasteiger partial charge in [0.2, 0.25) is 0 Å². The summed E-state index contributed by atoms with van der Waals surface area (Å²) in [5.74, 6) is 0.870. The lowest BCUT2D eigenvalue weighted by Gasteiger charge is -1.98. The highest BCUT2D eigenvalue weighted by molar-refractivity contribution is 7.79. The predicted molar refractivity (Wildman–Crippen MR) is 55.7 cm³/mol. The fraction of sp³-hybridized carbons (Fsp3) is 0.100. The average Bonchev–Trinajstić information content (AvgIpc) is 2.15. The Balaban J connectivity index is 2.77. The maximum absolute atomic E-state index is 5.02. The average molecular weight is 178 g/mol. The van der Waals surface area contributed by atoms with Gasteiger partial charge in [-0.3, -0.25) is 0 Å². The van der Waals surface area contributed by atoms with Gasteiger partial charge in [-0.25, -0.2) is 0 Å². The van der Waals surface area contributed by atoms with Gasteiger partial charge in [-0.1, -0.05) is 36.5 Å². The van der Waals surface area contributed by atoms with Gasteiger partial charge in [0.15, 0.2) is 0 Å². The van der Waals surface area contributed by atoms with Crippen LogP contribution >= 0.6 is 12.2 Å². The lowest BCUT2D eigenvalue weighted by molar-refractivity contribution is 0.415. The van der Waals surface area contributed by atoms with Crippen molar-refractivity contribution in [2.45, 2.75) is 0 Å². The van der Waals surface area contributed by atoms with Gasteiger partial charge in [-0.2, -0.15) is 0 Å². The van der Waals surface area contributed by atoms with Gasteiger partial charge in [-0.05, 0) is 17.7 Å². The molecule has 0 atom stereocenters. The second-order valence-corrected chi connectivity index (χ2v) is 2.54. The Morgan fingerprint density at radius 1 is 1.25 bits per heavy atom. The second kappa shape index (κ2) is 4.67. The van der Waals surface area contributed by atoms with E-state index in [-0.39, 0.29) is 0 Å². The van der Waals surface area contributed by atoms with Crippen LogP contribution in [0.15, 0.2) is 30.3 Å². The van der Waals surface area contributed by atoms with Crippen LogP contribution in [0.4, 0.5) is 0 Å². The molecule has 0 bridgehead atoms. The highest BCUT2D eigenvalue weighted by atomic mass is 32.1. The fourth-order valence-corrected chi connectivity index (χ4v) is 0.944. The second-order valence-electron chi connectivity index (χ2n) is 2.27. The number of hydrogen-bond acceptors (Lipinski definition) is 2. The molecule has 0 radical (unpaired) electrons. The molecule has 0 saturated carbocycles. The van der Waals surface area contributed by atoms with Crippen LogP contribution < -0.4 is 4.74 Å². The molecule has 0 heterocycles. The van der Waals surface area contributed by atoms with E-state index in [1.54, 1.807) is 12.5 Å². The highest BCUT2D eigenvalue weighted by Gasteiger charge is 1.88. The zero-order chi connectivity index (χ0) is 8.81. The number of hydrogen-bond donors (Lipinski definition) is 0. The van der Waals surface area contributed by atoms with Crippen LogP contribution in [-0.4, -0.2) is 12.5 Å². The van der Waals surface area contributed by atoms with Crippen LogP contribution in [0.25, 0.3) is 6.08 Å². The number of thiocarbonyl (C=S) groups is 1. The zero-order valence-corrected chi connectivity index (χ0v) is 7.67. The number of methoxy groups -OCH3 is 1. The van der Waals surface area contributed by atoms with Crippen molar-refractivity contribution >= 4 is 23.7 Å². The van der Waals surface area contributed by atoms with E-state index in [4.69, 9.17) is 4.74 Å². The highest BCUT2D eigenvalue weighted by Crippen LogP contribution is 2.11. The van der Waals surface area contributed by atoms with Crippen LogP contribution in [-0.2, 0) is 0 Å². The summed E-state index contributed by atoms with van der Waals surface area (Å²) in [6.07, 6.45) is 3.78. The van der Waals surface area contributed by atoms with E-state index in [1.165, 1.54) is 0 Å². The Hall–Kier alpha value is -1.15. The molecule has 0 aliphatic carbocycles.